The summed E-state index contributed by atoms with van der Waals surface area (Å²) in [5.41, 5.74) is 3.32. The molecule has 0 saturated carbocycles. The number of nitrogens with one attached hydrogen (secondary N) is 2. The Bertz CT molecular complexity index is 1080. The summed E-state index contributed by atoms with van der Waals surface area (Å²) in [6, 6.07) is 15.2. The molecule has 0 radical (unpaired) electrons. The van der Waals surface area contributed by atoms with E-state index in [1.807, 2.05) is 26.8 Å². The average Bonchev–Trinajstić information content (AvgIpc) is 2.76. The van der Waals surface area contributed by atoms with Crippen molar-refractivity contribution in [1.82, 2.24) is 4.98 Å². The van der Waals surface area contributed by atoms with Crippen molar-refractivity contribution in [1.29, 1.82) is 0 Å². The number of rotatable bonds is 4. The minimum absolute atomic E-state index is 0.327. The number of benzene rings is 2. The van der Waals surface area contributed by atoms with Crippen LogP contribution in [0.5, 0.6) is 0 Å². The maximum absolute atomic E-state index is 12.7. The number of amides is 2. The monoisotopic (exact) mass is 400 g/mol. The van der Waals surface area contributed by atoms with Crippen molar-refractivity contribution in [2.24, 2.45) is 0 Å². The van der Waals surface area contributed by atoms with Crippen LogP contribution in [0.1, 0.15) is 45.7 Å². The van der Waals surface area contributed by atoms with Gasteiger partial charge in [-0.1, -0.05) is 50.2 Å². The van der Waals surface area contributed by atoms with E-state index in [9.17, 15) is 9.59 Å². The topological polar surface area (TPSA) is 75.5 Å². The minimum atomic E-state index is -0.368. The van der Waals surface area contributed by atoms with Crippen molar-refractivity contribution in [3.63, 3.8) is 0 Å². The van der Waals surface area contributed by atoms with Crippen molar-refractivity contribution in [3.8, 4) is 0 Å². The molecule has 0 atom stereocenters. The SMILES string of the molecule is CC.[C-]#[N+]c1ccc(C(=O)Nc2ccccc2C(=O)Nc2ccc(C)cn2)c(C)c1. The highest BCUT2D eigenvalue weighted by atomic mass is 16.2. The largest absolute Gasteiger partial charge is 0.321 e. The lowest BCUT2D eigenvalue weighted by Gasteiger charge is -2.12. The molecule has 1 aromatic heterocycles. The first-order chi connectivity index (χ1) is 14.5. The van der Waals surface area contributed by atoms with Crippen molar-refractivity contribution < 1.29 is 9.59 Å². The zero-order valence-electron chi connectivity index (χ0n) is 17.5. The molecule has 0 fully saturated rings. The van der Waals surface area contributed by atoms with Gasteiger partial charge in [0, 0.05) is 11.8 Å². The van der Waals surface area contributed by atoms with Gasteiger partial charge in [-0.25, -0.2) is 9.83 Å². The van der Waals surface area contributed by atoms with Crippen LogP contribution in [-0.2, 0) is 0 Å². The van der Waals surface area contributed by atoms with Gasteiger partial charge in [-0.2, -0.15) is 0 Å². The van der Waals surface area contributed by atoms with Gasteiger partial charge in [-0.3, -0.25) is 9.59 Å². The van der Waals surface area contributed by atoms with E-state index in [4.69, 9.17) is 6.57 Å². The maximum atomic E-state index is 12.7. The molecule has 0 spiro atoms. The molecule has 152 valence electrons. The highest BCUT2D eigenvalue weighted by Gasteiger charge is 2.16. The number of anilines is 2. The predicted octanol–water partition coefficient (Wildman–Crippen LogP) is 5.78. The Labute approximate surface area is 176 Å². The maximum Gasteiger partial charge on any atom is 0.258 e. The molecule has 0 aliphatic rings. The molecule has 2 aromatic carbocycles. The van der Waals surface area contributed by atoms with Crippen LogP contribution in [0.4, 0.5) is 17.2 Å². The summed E-state index contributed by atoms with van der Waals surface area (Å²) >= 11 is 0. The highest BCUT2D eigenvalue weighted by Crippen LogP contribution is 2.21. The van der Waals surface area contributed by atoms with E-state index in [1.165, 1.54) is 0 Å². The standard InChI is InChI=1S/C22H18N4O2.C2H6/c1-14-8-11-20(24-13-14)26-22(28)18-6-4-5-7-19(18)25-21(27)17-10-9-16(23-3)12-15(17)2;1-2/h4-13H,1-2H3,(H,25,27)(H,24,26,28);1-2H3. The van der Waals surface area contributed by atoms with E-state index < -0.39 is 0 Å². The number of hydrogen-bond donors (Lipinski definition) is 2. The highest BCUT2D eigenvalue weighted by molar-refractivity contribution is 6.12. The molecule has 0 aliphatic carbocycles. The van der Waals surface area contributed by atoms with Crippen molar-refractivity contribution in [3.05, 3.63) is 94.5 Å². The number of carbonyl (C=O) groups excluding carboxylic acids is 2. The van der Waals surface area contributed by atoms with Crippen LogP contribution < -0.4 is 10.6 Å². The summed E-state index contributed by atoms with van der Waals surface area (Å²) in [5, 5.41) is 5.51. The van der Waals surface area contributed by atoms with E-state index in [0.717, 1.165) is 5.56 Å². The van der Waals surface area contributed by atoms with Crippen molar-refractivity contribution >= 4 is 29.0 Å². The van der Waals surface area contributed by atoms with Gasteiger partial charge in [0.2, 0.25) is 0 Å². The fraction of sp³-hybridized carbons (Fsp3) is 0.167. The molecular formula is C24H24N4O2. The molecule has 2 N–H and O–H groups in total. The molecule has 1 heterocycles. The van der Waals surface area contributed by atoms with Crippen LogP contribution in [0.3, 0.4) is 0 Å². The molecule has 3 aromatic rings. The van der Waals surface area contributed by atoms with Crippen LogP contribution in [0.2, 0.25) is 0 Å². The second kappa shape index (κ2) is 10.5. The number of aryl methyl sites for hydroxylation is 2. The number of hydrogen-bond acceptors (Lipinski definition) is 3. The predicted molar refractivity (Wildman–Crippen MR) is 120 cm³/mol. The Balaban J connectivity index is 0.00000155. The lowest BCUT2D eigenvalue weighted by Crippen LogP contribution is -2.19. The van der Waals surface area contributed by atoms with E-state index in [1.54, 1.807) is 61.7 Å². The molecule has 0 aliphatic heterocycles. The van der Waals surface area contributed by atoms with Gasteiger partial charge in [0.1, 0.15) is 5.82 Å². The van der Waals surface area contributed by atoms with Gasteiger partial charge in [0.05, 0.1) is 17.8 Å². The minimum Gasteiger partial charge on any atom is -0.321 e. The Kier molecular flexibility index (Phi) is 7.83. The lowest BCUT2D eigenvalue weighted by molar-refractivity contribution is 0.102. The number of carbonyl (C=O) groups is 2. The summed E-state index contributed by atoms with van der Waals surface area (Å²) in [5.74, 6) is -0.280. The first kappa shape index (κ1) is 22.3. The van der Waals surface area contributed by atoms with Gasteiger partial charge < -0.3 is 10.6 Å². The number of pyridine rings is 1. The van der Waals surface area contributed by atoms with Gasteiger partial charge in [0.15, 0.2) is 5.69 Å². The molecule has 6 nitrogen and oxygen atoms in total. The third kappa shape index (κ3) is 5.52. The lowest BCUT2D eigenvalue weighted by atomic mass is 10.1. The van der Waals surface area contributed by atoms with Crippen LogP contribution in [0, 0.1) is 20.4 Å². The van der Waals surface area contributed by atoms with Crippen LogP contribution >= 0.6 is 0 Å². The summed E-state index contributed by atoms with van der Waals surface area (Å²) in [6.45, 7) is 14.7. The molecule has 0 saturated heterocycles. The van der Waals surface area contributed by atoms with Crippen molar-refractivity contribution in [2.45, 2.75) is 27.7 Å². The normalized spacial score (nSPS) is 9.57. The van der Waals surface area contributed by atoms with Crippen LogP contribution in [0.25, 0.3) is 4.85 Å². The smallest absolute Gasteiger partial charge is 0.258 e. The Morgan fingerprint density at radius 2 is 1.60 bits per heavy atom. The van der Waals surface area contributed by atoms with E-state index >= 15 is 0 Å². The Hall–Kier alpha value is -3.98. The number of para-hydroxylation sites is 1. The van der Waals surface area contributed by atoms with Gasteiger partial charge >= 0.3 is 0 Å². The Morgan fingerprint density at radius 3 is 2.23 bits per heavy atom. The first-order valence-electron chi connectivity index (χ1n) is 9.60. The van der Waals surface area contributed by atoms with Crippen molar-refractivity contribution in [2.75, 3.05) is 10.6 Å². The third-order valence-corrected chi connectivity index (χ3v) is 4.16. The summed E-state index contributed by atoms with van der Waals surface area (Å²) < 4.78 is 0. The molecular weight excluding hydrogens is 376 g/mol. The molecule has 30 heavy (non-hydrogen) atoms. The number of nitrogens with zero attached hydrogens (tertiary/aromatic N) is 2. The second-order valence-electron chi connectivity index (χ2n) is 6.29. The zero-order chi connectivity index (χ0) is 22.1. The quantitative estimate of drug-likeness (QED) is 0.545. The van der Waals surface area contributed by atoms with Gasteiger partial charge in [0.25, 0.3) is 11.8 Å². The second-order valence-corrected chi connectivity index (χ2v) is 6.29. The van der Waals surface area contributed by atoms with Gasteiger partial charge in [-0.15, -0.1) is 0 Å². The van der Waals surface area contributed by atoms with E-state index in [-0.39, 0.29) is 11.8 Å². The summed E-state index contributed by atoms with van der Waals surface area (Å²) in [6.07, 6.45) is 1.67. The third-order valence-electron chi connectivity index (χ3n) is 4.16. The van der Waals surface area contributed by atoms with Crippen LogP contribution in [-0.4, -0.2) is 16.8 Å². The summed E-state index contributed by atoms with van der Waals surface area (Å²) in [4.78, 5) is 32.8. The zero-order valence-corrected chi connectivity index (χ0v) is 17.5. The fourth-order valence-electron chi connectivity index (χ4n) is 2.68. The molecule has 0 bridgehead atoms. The molecule has 2 amide bonds. The molecule has 6 heteroatoms. The van der Waals surface area contributed by atoms with Crippen LogP contribution in [0.15, 0.2) is 60.8 Å². The van der Waals surface area contributed by atoms with E-state index in [2.05, 4.69) is 20.5 Å². The van der Waals surface area contributed by atoms with E-state index in [0.29, 0.717) is 33.9 Å². The molecule has 3 rings (SSSR count). The fourth-order valence-corrected chi connectivity index (χ4v) is 2.68. The van der Waals surface area contributed by atoms with Gasteiger partial charge in [-0.05, 0) is 43.2 Å². The Morgan fingerprint density at radius 1 is 0.900 bits per heavy atom. The summed E-state index contributed by atoms with van der Waals surface area (Å²) in [7, 11) is 0. The number of aromatic nitrogens is 1. The average molecular weight is 400 g/mol. The molecule has 0 unspecified atom stereocenters. The first-order valence-corrected chi connectivity index (χ1v) is 9.60.